The highest BCUT2D eigenvalue weighted by molar-refractivity contribution is 4.90. The molecule has 1 saturated carbocycles. The summed E-state index contributed by atoms with van der Waals surface area (Å²) in [7, 11) is 1.67. The van der Waals surface area contributed by atoms with Gasteiger partial charge in [0.25, 0.3) is 0 Å². The summed E-state index contributed by atoms with van der Waals surface area (Å²) in [6, 6.07) is 0. The summed E-state index contributed by atoms with van der Waals surface area (Å²) in [5.41, 5.74) is -0.114. The third-order valence-corrected chi connectivity index (χ3v) is 3.84. The minimum atomic E-state index is -0.512. The van der Waals surface area contributed by atoms with Crippen molar-refractivity contribution in [1.82, 2.24) is 5.32 Å². The van der Waals surface area contributed by atoms with Gasteiger partial charge in [0.2, 0.25) is 0 Å². The molecule has 4 nitrogen and oxygen atoms in total. The maximum absolute atomic E-state index is 10.4. The van der Waals surface area contributed by atoms with Gasteiger partial charge in [-0.2, -0.15) is 0 Å². The van der Waals surface area contributed by atoms with E-state index < -0.39 is 5.60 Å². The Morgan fingerprint density at radius 2 is 1.72 bits per heavy atom. The second kappa shape index (κ2) is 7.43. The van der Waals surface area contributed by atoms with Crippen LogP contribution in [0.3, 0.4) is 0 Å². The molecule has 0 atom stereocenters. The van der Waals surface area contributed by atoms with Gasteiger partial charge in [-0.25, -0.2) is 0 Å². The summed E-state index contributed by atoms with van der Waals surface area (Å²) in [4.78, 5) is 0. The fourth-order valence-electron chi connectivity index (χ4n) is 2.28. The molecule has 0 saturated heterocycles. The van der Waals surface area contributed by atoms with Crippen molar-refractivity contribution in [3.05, 3.63) is 0 Å². The Hall–Kier alpha value is -0.160. The first-order chi connectivity index (χ1) is 8.47. The van der Waals surface area contributed by atoms with Crippen LogP contribution in [0.25, 0.3) is 0 Å². The smallest absolute Gasteiger partial charge is 0.0772 e. The van der Waals surface area contributed by atoms with Gasteiger partial charge >= 0.3 is 0 Å². The zero-order valence-electron chi connectivity index (χ0n) is 12.1. The maximum atomic E-state index is 10.4. The van der Waals surface area contributed by atoms with E-state index in [0.29, 0.717) is 31.8 Å². The standard InChI is InChI=1S/C14H29NO3/c1-13(2)4-6-14(16,7-5-13)12-15-8-9-18-11-10-17-3/h15-16H,4-12H2,1-3H3. The first-order valence-corrected chi connectivity index (χ1v) is 6.97. The van der Waals surface area contributed by atoms with E-state index in [-0.39, 0.29) is 0 Å². The van der Waals surface area contributed by atoms with E-state index in [1.165, 1.54) is 0 Å². The Labute approximate surface area is 111 Å². The lowest BCUT2D eigenvalue weighted by Crippen LogP contribution is -2.45. The second-order valence-corrected chi connectivity index (χ2v) is 6.17. The van der Waals surface area contributed by atoms with Crippen molar-refractivity contribution in [2.24, 2.45) is 5.41 Å². The predicted octanol–water partition coefficient (Wildman–Crippen LogP) is 1.57. The molecule has 0 bridgehead atoms. The SMILES string of the molecule is COCCOCCNCC1(O)CCC(C)(C)CC1. The molecule has 0 aromatic rings. The summed E-state index contributed by atoms with van der Waals surface area (Å²) < 4.78 is 10.3. The molecule has 0 radical (unpaired) electrons. The van der Waals surface area contributed by atoms with Gasteiger partial charge in [-0.05, 0) is 31.1 Å². The van der Waals surface area contributed by atoms with Gasteiger partial charge < -0.3 is 19.9 Å². The van der Waals surface area contributed by atoms with E-state index in [9.17, 15) is 5.11 Å². The summed E-state index contributed by atoms with van der Waals surface area (Å²) in [6.07, 6.45) is 4.01. The average molecular weight is 259 g/mol. The molecule has 108 valence electrons. The lowest BCUT2D eigenvalue weighted by molar-refractivity contribution is -0.0255. The molecule has 0 aromatic heterocycles. The Morgan fingerprint density at radius 1 is 1.06 bits per heavy atom. The largest absolute Gasteiger partial charge is 0.389 e. The highest BCUT2D eigenvalue weighted by Gasteiger charge is 2.36. The molecule has 1 aliphatic rings. The van der Waals surface area contributed by atoms with Crippen molar-refractivity contribution in [2.45, 2.75) is 45.1 Å². The number of ether oxygens (including phenoxy) is 2. The quantitative estimate of drug-likeness (QED) is 0.650. The van der Waals surface area contributed by atoms with Gasteiger partial charge in [-0.15, -0.1) is 0 Å². The average Bonchev–Trinajstić information content (AvgIpc) is 2.33. The normalized spacial score (nSPS) is 22.0. The lowest BCUT2D eigenvalue weighted by Gasteiger charge is -2.40. The predicted molar refractivity (Wildman–Crippen MR) is 72.8 cm³/mol. The van der Waals surface area contributed by atoms with Gasteiger partial charge in [0.1, 0.15) is 0 Å². The Kier molecular flexibility index (Phi) is 6.57. The van der Waals surface area contributed by atoms with Crippen molar-refractivity contribution in [1.29, 1.82) is 0 Å². The van der Waals surface area contributed by atoms with Crippen molar-refractivity contribution in [3.8, 4) is 0 Å². The molecule has 4 heteroatoms. The van der Waals surface area contributed by atoms with Gasteiger partial charge in [-0.1, -0.05) is 13.8 Å². The molecule has 0 unspecified atom stereocenters. The molecule has 1 fully saturated rings. The maximum Gasteiger partial charge on any atom is 0.0772 e. The summed E-state index contributed by atoms with van der Waals surface area (Å²) >= 11 is 0. The number of rotatable bonds is 8. The van der Waals surface area contributed by atoms with Crippen LogP contribution in [-0.2, 0) is 9.47 Å². The summed E-state index contributed by atoms with van der Waals surface area (Å²) in [5, 5.41) is 13.7. The molecule has 1 aliphatic carbocycles. The molecule has 1 rings (SSSR count). The second-order valence-electron chi connectivity index (χ2n) is 6.17. The molecule has 0 heterocycles. The first-order valence-electron chi connectivity index (χ1n) is 6.97. The van der Waals surface area contributed by atoms with Gasteiger partial charge in [0.15, 0.2) is 0 Å². The van der Waals surface area contributed by atoms with E-state index in [1.54, 1.807) is 7.11 Å². The van der Waals surface area contributed by atoms with E-state index in [2.05, 4.69) is 19.2 Å². The number of hydrogen-bond acceptors (Lipinski definition) is 4. The highest BCUT2D eigenvalue weighted by Crippen LogP contribution is 2.39. The topological polar surface area (TPSA) is 50.7 Å². The molecule has 18 heavy (non-hydrogen) atoms. The monoisotopic (exact) mass is 259 g/mol. The van der Waals surface area contributed by atoms with Crippen molar-refractivity contribution in [3.63, 3.8) is 0 Å². The zero-order chi connectivity index (χ0) is 13.5. The van der Waals surface area contributed by atoms with Crippen LogP contribution in [0, 0.1) is 5.41 Å². The van der Waals surface area contributed by atoms with E-state index in [1.807, 2.05) is 0 Å². The Bertz CT molecular complexity index is 221. The van der Waals surface area contributed by atoms with Crippen molar-refractivity contribution >= 4 is 0 Å². The molecule has 0 aromatic carbocycles. The van der Waals surface area contributed by atoms with Crippen molar-refractivity contribution in [2.75, 3.05) is 40.0 Å². The van der Waals surface area contributed by atoms with Crippen LogP contribution in [0.1, 0.15) is 39.5 Å². The van der Waals surface area contributed by atoms with E-state index in [4.69, 9.17) is 9.47 Å². The minimum Gasteiger partial charge on any atom is -0.389 e. The third-order valence-electron chi connectivity index (χ3n) is 3.84. The molecule has 0 spiro atoms. The Balaban J connectivity index is 2.05. The van der Waals surface area contributed by atoms with Crippen LogP contribution in [-0.4, -0.2) is 50.7 Å². The first kappa shape index (κ1) is 15.9. The molecule has 2 N–H and O–H groups in total. The fraction of sp³-hybridized carbons (Fsp3) is 1.00. The van der Waals surface area contributed by atoms with Crippen LogP contribution in [0.4, 0.5) is 0 Å². The number of methoxy groups -OCH3 is 1. The highest BCUT2D eigenvalue weighted by atomic mass is 16.5. The zero-order valence-corrected chi connectivity index (χ0v) is 12.1. The van der Waals surface area contributed by atoms with Crippen LogP contribution < -0.4 is 5.32 Å². The van der Waals surface area contributed by atoms with Gasteiger partial charge in [0, 0.05) is 20.2 Å². The summed E-state index contributed by atoms with van der Waals surface area (Å²) in [6.45, 7) is 7.97. The molecular weight excluding hydrogens is 230 g/mol. The van der Waals surface area contributed by atoms with Crippen LogP contribution in [0.15, 0.2) is 0 Å². The van der Waals surface area contributed by atoms with E-state index >= 15 is 0 Å². The third kappa shape index (κ3) is 6.14. The van der Waals surface area contributed by atoms with E-state index in [0.717, 1.165) is 32.2 Å². The van der Waals surface area contributed by atoms with Gasteiger partial charge in [-0.3, -0.25) is 0 Å². The van der Waals surface area contributed by atoms with Crippen molar-refractivity contribution < 1.29 is 14.6 Å². The molecule has 0 aliphatic heterocycles. The molecular formula is C14H29NO3. The minimum absolute atomic E-state index is 0.398. The Morgan fingerprint density at radius 3 is 2.33 bits per heavy atom. The van der Waals surface area contributed by atoms with Crippen LogP contribution in [0.2, 0.25) is 0 Å². The summed E-state index contributed by atoms with van der Waals surface area (Å²) in [5.74, 6) is 0. The van der Waals surface area contributed by atoms with Gasteiger partial charge in [0.05, 0.1) is 25.4 Å². The number of hydrogen-bond donors (Lipinski definition) is 2. The molecule has 0 amide bonds. The van der Waals surface area contributed by atoms with Crippen LogP contribution >= 0.6 is 0 Å². The number of aliphatic hydroxyl groups is 1. The lowest BCUT2D eigenvalue weighted by atomic mass is 9.71. The van der Waals surface area contributed by atoms with Crippen LogP contribution in [0.5, 0.6) is 0 Å². The number of nitrogens with one attached hydrogen (secondary N) is 1. The fourth-order valence-corrected chi connectivity index (χ4v) is 2.28.